The van der Waals surface area contributed by atoms with Crippen LogP contribution in [0, 0.1) is 24.4 Å². The standard InChI is InChI=1S/C11H11F3N4O2S/c1-5-9(15)11(18(2)16-5)17-21(19,20)10-7(13)3-6(12)4-8(10)14/h3-4,17H,15H2,1-2H3. The first-order chi connectivity index (χ1) is 9.63. The van der Waals surface area contributed by atoms with E-state index in [-0.39, 0.29) is 23.6 Å². The Labute approximate surface area is 118 Å². The number of aromatic nitrogens is 2. The average molecular weight is 320 g/mol. The summed E-state index contributed by atoms with van der Waals surface area (Å²) in [6.45, 7) is 1.53. The van der Waals surface area contributed by atoms with E-state index in [1.807, 2.05) is 4.72 Å². The predicted molar refractivity (Wildman–Crippen MR) is 69.5 cm³/mol. The number of nitrogen functional groups attached to an aromatic ring is 1. The zero-order chi connectivity index (χ0) is 15.9. The summed E-state index contributed by atoms with van der Waals surface area (Å²) in [5.41, 5.74) is 5.99. The minimum Gasteiger partial charge on any atom is -0.394 e. The minimum absolute atomic E-state index is 0.0176. The fourth-order valence-corrected chi connectivity index (χ4v) is 2.99. The Morgan fingerprint density at radius 3 is 2.19 bits per heavy atom. The summed E-state index contributed by atoms with van der Waals surface area (Å²) >= 11 is 0. The molecule has 0 atom stereocenters. The molecule has 1 aromatic carbocycles. The lowest BCUT2D eigenvalue weighted by molar-refractivity contribution is 0.498. The first-order valence-corrected chi connectivity index (χ1v) is 7.08. The van der Waals surface area contributed by atoms with Gasteiger partial charge in [-0.25, -0.2) is 26.3 Å². The summed E-state index contributed by atoms with van der Waals surface area (Å²) in [5, 5.41) is 3.86. The highest BCUT2D eigenvalue weighted by Gasteiger charge is 2.27. The molecule has 3 N–H and O–H groups in total. The van der Waals surface area contributed by atoms with E-state index in [4.69, 9.17) is 5.73 Å². The predicted octanol–water partition coefficient (Wildman–Crippen LogP) is 1.53. The number of hydrogen-bond acceptors (Lipinski definition) is 4. The Hall–Kier alpha value is -2.23. The number of hydrogen-bond donors (Lipinski definition) is 2. The van der Waals surface area contributed by atoms with Crippen molar-refractivity contribution >= 4 is 21.5 Å². The maximum absolute atomic E-state index is 13.6. The molecule has 0 saturated heterocycles. The molecule has 0 aliphatic rings. The van der Waals surface area contributed by atoms with E-state index in [1.165, 1.54) is 14.0 Å². The molecule has 1 heterocycles. The fraction of sp³-hybridized carbons (Fsp3) is 0.182. The molecule has 114 valence electrons. The molecule has 6 nitrogen and oxygen atoms in total. The van der Waals surface area contributed by atoms with E-state index >= 15 is 0 Å². The van der Waals surface area contributed by atoms with Gasteiger partial charge in [0.2, 0.25) is 0 Å². The Bertz CT molecular complexity index is 794. The molecule has 21 heavy (non-hydrogen) atoms. The van der Waals surface area contributed by atoms with Crippen LogP contribution in [0.1, 0.15) is 5.69 Å². The molecule has 2 aromatic rings. The van der Waals surface area contributed by atoms with Crippen molar-refractivity contribution in [3.63, 3.8) is 0 Å². The van der Waals surface area contributed by atoms with Crippen molar-refractivity contribution in [3.05, 3.63) is 35.3 Å². The summed E-state index contributed by atoms with van der Waals surface area (Å²) in [4.78, 5) is -1.29. The molecule has 0 fully saturated rings. The van der Waals surface area contributed by atoms with E-state index in [9.17, 15) is 21.6 Å². The SMILES string of the molecule is Cc1nn(C)c(NS(=O)(=O)c2c(F)cc(F)cc2F)c1N. The van der Waals surface area contributed by atoms with Gasteiger partial charge in [0, 0.05) is 19.2 Å². The lowest BCUT2D eigenvalue weighted by Crippen LogP contribution is -2.19. The second-order valence-electron chi connectivity index (χ2n) is 4.28. The fourth-order valence-electron chi connectivity index (χ4n) is 1.76. The van der Waals surface area contributed by atoms with Crippen LogP contribution >= 0.6 is 0 Å². The van der Waals surface area contributed by atoms with Gasteiger partial charge in [0.15, 0.2) is 10.7 Å². The molecule has 1 aromatic heterocycles. The third kappa shape index (κ3) is 2.66. The number of sulfonamides is 1. The van der Waals surface area contributed by atoms with Gasteiger partial charge in [-0.1, -0.05) is 0 Å². The number of aryl methyl sites for hydroxylation is 2. The molecule has 0 bridgehead atoms. The number of halogens is 3. The normalized spacial score (nSPS) is 11.7. The number of anilines is 2. The third-order valence-corrected chi connectivity index (χ3v) is 4.12. The van der Waals surface area contributed by atoms with E-state index in [0.717, 1.165) is 4.68 Å². The van der Waals surface area contributed by atoms with Gasteiger partial charge in [-0.05, 0) is 6.92 Å². The van der Waals surface area contributed by atoms with Crippen molar-refractivity contribution in [2.75, 3.05) is 10.5 Å². The van der Waals surface area contributed by atoms with Crippen LogP contribution in [-0.2, 0) is 17.1 Å². The lowest BCUT2D eigenvalue weighted by atomic mass is 10.3. The Balaban J connectivity index is 2.54. The summed E-state index contributed by atoms with van der Waals surface area (Å²) in [6, 6.07) is 0.547. The smallest absolute Gasteiger partial charge is 0.268 e. The van der Waals surface area contributed by atoms with Crippen LogP contribution < -0.4 is 10.5 Å². The monoisotopic (exact) mass is 320 g/mol. The topological polar surface area (TPSA) is 90.0 Å². The first kappa shape index (κ1) is 15.2. The van der Waals surface area contributed by atoms with Crippen molar-refractivity contribution in [3.8, 4) is 0 Å². The first-order valence-electron chi connectivity index (χ1n) is 5.60. The van der Waals surface area contributed by atoms with E-state index < -0.39 is 32.4 Å². The largest absolute Gasteiger partial charge is 0.394 e. The number of nitrogens with zero attached hydrogens (tertiary/aromatic N) is 2. The van der Waals surface area contributed by atoms with Crippen LogP contribution in [0.5, 0.6) is 0 Å². The van der Waals surface area contributed by atoms with Gasteiger partial charge in [0.05, 0.1) is 11.4 Å². The molecule has 0 amide bonds. The van der Waals surface area contributed by atoms with Gasteiger partial charge in [-0.2, -0.15) is 5.10 Å². The minimum atomic E-state index is -4.63. The average Bonchev–Trinajstić information content (AvgIpc) is 2.53. The van der Waals surface area contributed by atoms with Crippen LogP contribution in [0.2, 0.25) is 0 Å². The quantitative estimate of drug-likeness (QED) is 0.897. The van der Waals surface area contributed by atoms with Crippen LogP contribution in [0.25, 0.3) is 0 Å². The van der Waals surface area contributed by atoms with Crippen LogP contribution in [0.15, 0.2) is 17.0 Å². The lowest BCUT2D eigenvalue weighted by Gasteiger charge is -2.10. The van der Waals surface area contributed by atoms with Gasteiger partial charge < -0.3 is 5.73 Å². The molecule has 0 aliphatic heterocycles. The molecule has 0 spiro atoms. The van der Waals surface area contributed by atoms with Crippen molar-refractivity contribution < 1.29 is 21.6 Å². The molecule has 0 unspecified atom stereocenters. The summed E-state index contributed by atoms with van der Waals surface area (Å²) < 4.78 is 67.1. The Morgan fingerprint density at radius 2 is 1.76 bits per heavy atom. The van der Waals surface area contributed by atoms with Crippen molar-refractivity contribution in [1.82, 2.24) is 9.78 Å². The molecular weight excluding hydrogens is 309 g/mol. The molecule has 0 aliphatic carbocycles. The highest BCUT2D eigenvalue weighted by molar-refractivity contribution is 7.92. The molecular formula is C11H11F3N4O2S. The molecule has 0 saturated carbocycles. The van der Waals surface area contributed by atoms with Crippen molar-refractivity contribution in [1.29, 1.82) is 0 Å². The van der Waals surface area contributed by atoms with E-state index in [1.54, 1.807) is 0 Å². The third-order valence-electron chi connectivity index (χ3n) is 2.73. The van der Waals surface area contributed by atoms with Crippen molar-refractivity contribution in [2.24, 2.45) is 7.05 Å². The zero-order valence-corrected chi connectivity index (χ0v) is 11.8. The molecule has 2 rings (SSSR count). The number of nitrogens with one attached hydrogen (secondary N) is 1. The zero-order valence-electron chi connectivity index (χ0n) is 11.0. The summed E-state index contributed by atoms with van der Waals surface area (Å²) in [5.74, 6) is -4.45. The van der Waals surface area contributed by atoms with Gasteiger partial charge in [0.25, 0.3) is 10.0 Å². The number of nitrogens with two attached hydrogens (primary N) is 1. The highest BCUT2D eigenvalue weighted by Crippen LogP contribution is 2.27. The van der Waals surface area contributed by atoms with E-state index in [0.29, 0.717) is 5.69 Å². The summed E-state index contributed by atoms with van der Waals surface area (Å²) in [6.07, 6.45) is 0. The van der Waals surface area contributed by atoms with Crippen LogP contribution in [0.3, 0.4) is 0 Å². The maximum Gasteiger partial charge on any atom is 0.268 e. The number of rotatable bonds is 3. The van der Waals surface area contributed by atoms with Gasteiger partial charge in [0.1, 0.15) is 17.5 Å². The second kappa shape index (κ2) is 4.95. The van der Waals surface area contributed by atoms with Crippen LogP contribution in [-0.4, -0.2) is 18.2 Å². The highest BCUT2D eigenvalue weighted by atomic mass is 32.2. The summed E-state index contributed by atoms with van der Waals surface area (Å²) in [7, 11) is -3.23. The van der Waals surface area contributed by atoms with Gasteiger partial charge in [-0.3, -0.25) is 4.72 Å². The maximum atomic E-state index is 13.6. The van der Waals surface area contributed by atoms with Crippen molar-refractivity contribution in [2.45, 2.75) is 11.8 Å². The van der Waals surface area contributed by atoms with Gasteiger partial charge in [-0.15, -0.1) is 0 Å². The van der Waals surface area contributed by atoms with E-state index in [2.05, 4.69) is 5.10 Å². The number of benzene rings is 1. The van der Waals surface area contributed by atoms with Gasteiger partial charge >= 0.3 is 0 Å². The molecule has 10 heteroatoms. The Morgan fingerprint density at radius 1 is 1.24 bits per heavy atom. The van der Waals surface area contributed by atoms with Crippen LogP contribution in [0.4, 0.5) is 24.7 Å². The second-order valence-corrected chi connectivity index (χ2v) is 5.89. The Kier molecular flexibility index (Phi) is 3.58. The molecule has 0 radical (unpaired) electrons.